The minimum absolute atomic E-state index is 0.0875. The lowest BCUT2D eigenvalue weighted by Gasteiger charge is -2.08. The number of halogens is 1. The topological polar surface area (TPSA) is 68.0 Å². The predicted molar refractivity (Wildman–Crippen MR) is 59.0 cm³/mol. The van der Waals surface area contributed by atoms with Crippen molar-refractivity contribution >= 4 is 27.7 Å². The van der Waals surface area contributed by atoms with Crippen LogP contribution in [0.15, 0.2) is 16.6 Å². The van der Waals surface area contributed by atoms with E-state index in [2.05, 4.69) is 26.2 Å². The quantitative estimate of drug-likeness (QED) is 0.845. The van der Waals surface area contributed by atoms with E-state index in [1.54, 1.807) is 12.1 Å². The van der Waals surface area contributed by atoms with E-state index < -0.39 is 0 Å². The van der Waals surface area contributed by atoms with E-state index >= 15 is 0 Å². The number of carbonyl (C=O) groups is 1. The molecular weight excluding hydrogens is 246 g/mol. The van der Waals surface area contributed by atoms with E-state index in [-0.39, 0.29) is 11.9 Å². The second-order valence-corrected chi connectivity index (χ2v) is 4.14. The molecule has 0 aromatic carbocycles. The summed E-state index contributed by atoms with van der Waals surface area (Å²) in [6.07, 6.45) is 0. The highest BCUT2D eigenvalue weighted by Crippen LogP contribution is 2.13. The molecule has 76 valence electrons. The molecule has 1 rings (SSSR count). The van der Waals surface area contributed by atoms with Crippen LogP contribution in [0.1, 0.15) is 24.3 Å². The fraction of sp³-hybridized carbons (Fsp3) is 0.333. The Kier molecular flexibility index (Phi) is 3.46. The normalized spacial score (nSPS) is 10.3. The first-order valence-electron chi connectivity index (χ1n) is 4.23. The summed E-state index contributed by atoms with van der Waals surface area (Å²) >= 11 is 3.25. The van der Waals surface area contributed by atoms with E-state index in [1.165, 1.54) is 0 Å². The van der Waals surface area contributed by atoms with Gasteiger partial charge in [0.2, 0.25) is 0 Å². The van der Waals surface area contributed by atoms with Crippen molar-refractivity contribution in [2.45, 2.75) is 19.9 Å². The number of hydrogen-bond acceptors (Lipinski definition) is 3. The van der Waals surface area contributed by atoms with Gasteiger partial charge in [0.15, 0.2) is 0 Å². The summed E-state index contributed by atoms with van der Waals surface area (Å²) in [6.45, 7) is 3.78. The van der Waals surface area contributed by atoms with E-state index in [0.717, 1.165) is 4.47 Å². The fourth-order valence-corrected chi connectivity index (χ4v) is 1.42. The van der Waals surface area contributed by atoms with E-state index in [4.69, 9.17) is 5.73 Å². The van der Waals surface area contributed by atoms with Gasteiger partial charge >= 0.3 is 0 Å². The average molecular weight is 258 g/mol. The van der Waals surface area contributed by atoms with Gasteiger partial charge in [-0.1, -0.05) is 15.9 Å². The first kappa shape index (κ1) is 11.0. The molecule has 0 unspecified atom stereocenters. The Morgan fingerprint density at radius 3 is 2.71 bits per heavy atom. The number of nitrogens with one attached hydrogen (secondary N) is 1. The maximum absolute atomic E-state index is 11.5. The standard InChI is InChI=1S/C9H12BrN3O/c1-5(2)12-9(14)7-3-6(10)4-8(11)13-7/h3-5H,1-2H3,(H2,11,13)(H,12,14). The molecule has 1 aromatic rings. The first-order valence-corrected chi connectivity index (χ1v) is 5.02. The van der Waals surface area contributed by atoms with E-state index in [0.29, 0.717) is 11.5 Å². The number of pyridine rings is 1. The van der Waals surface area contributed by atoms with Crippen LogP contribution in [0.5, 0.6) is 0 Å². The molecule has 4 nitrogen and oxygen atoms in total. The van der Waals surface area contributed by atoms with Gasteiger partial charge in [-0.25, -0.2) is 4.98 Å². The molecule has 1 aromatic heterocycles. The van der Waals surface area contributed by atoms with Crippen molar-refractivity contribution in [1.82, 2.24) is 10.3 Å². The van der Waals surface area contributed by atoms with Gasteiger partial charge in [0.25, 0.3) is 5.91 Å². The molecule has 0 aliphatic heterocycles. The summed E-state index contributed by atoms with van der Waals surface area (Å²) in [5, 5.41) is 2.74. The molecule has 1 amide bonds. The summed E-state index contributed by atoms with van der Waals surface area (Å²) in [7, 11) is 0. The van der Waals surface area contributed by atoms with Crippen molar-refractivity contribution in [2.24, 2.45) is 0 Å². The summed E-state index contributed by atoms with van der Waals surface area (Å²) in [6, 6.07) is 3.37. The van der Waals surface area contributed by atoms with E-state index in [9.17, 15) is 4.79 Å². The Hall–Kier alpha value is -1.10. The van der Waals surface area contributed by atoms with Gasteiger partial charge in [0.1, 0.15) is 11.5 Å². The molecule has 0 fully saturated rings. The second-order valence-electron chi connectivity index (χ2n) is 3.22. The van der Waals surface area contributed by atoms with Gasteiger partial charge in [-0.3, -0.25) is 4.79 Å². The first-order chi connectivity index (χ1) is 6.49. The molecule has 14 heavy (non-hydrogen) atoms. The van der Waals surface area contributed by atoms with Crippen LogP contribution in [0.25, 0.3) is 0 Å². The molecule has 0 saturated heterocycles. The average Bonchev–Trinajstić information content (AvgIpc) is 2.00. The highest BCUT2D eigenvalue weighted by molar-refractivity contribution is 9.10. The van der Waals surface area contributed by atoms with Crippen LogP contribution in [-0.2, 0) is 0 Å². The van der Waals surface area contributed by atoms with Gasteiger partial charge in [-0.05, 0) is 26.0 Å². The zero-order valence-electron chi connectivity index (χ0n) is 8.04. The Morgan fingerprint density at radius 2 is 2.21 bits per heavy atom. The van der Waals surface area contributed by atoms with Crippen molar-refractivity contribution in [2.75, 3.05) is 5.73 Å². The smallest absolute Gasteiger partial charge is 0.270 e. The lowest BCUT2D eigenvalue weighted by molar-refractivity contribution is 0.0938. The van der Waals surface area contributed by atoms with Crippen LogP contribution in [0.2, 0.25) is 0 Å². The largest absolute Gasteiger partial charge is 0.384 e. The summed E-state index contributed by atoms with van der Waals surface area (Å²) in [4.78, 5) is 15.4. The van der Waals surface area contributed by atoms with Crippen molar-refractivity contribution in [3.8, 4) is 0 Å². The van der Waals surface area contributed by atoms with Crippen LogP contribution in [0.4, 0.5) is 5.82 Å². The summed E-state index contributed by atoms with van der Waals surface area (Å²) in [5.41, 5.74) is 5.83. The fourth-order valence-electron chi connectivity index (χ4n) is 0.970. The molecule has 0 spiro atoms. The molecule has 0 aliphatic rings. The number of aromatic nitrogens is 1. The molecule has 3 N–H and O–H groups in total. The van der Waals surface area contributed by atoms with Gasteiger partial charge in [-0.15, -0.1) is 0 Å². The van der Waals surface area contributed by atoms with E-state index in [1.807, 2.05) is 13.8 Å². The number of carbonyl (C=O) groups excluding carboxylic acids is 1. The third-order valence-corrected chi connectivity index (χ3v) is 1.92. The number of hydrogen-bond donors (Lipinski definition) is 2. The maximum atomic E-state index is 11.5. The Morgan fingerprint density at radius 1 is 1.57 bits per heavy atom. The van der Waals surface area contributed by atoms with Crippen LogP contribution >= 0.6 is 15.9 Å². The summed E-state index contributed by atoms with van der Waals surface area (Å²) < 4.78 is 0.749. The van der Waals surface area contributed by atoms with Crippen molar-refractivity contribution < 1.29 is 4.79 Å². The SMILES string of the molecule is CC(C)NC(=O)c1cc(Br)cc(N)n1. The Bertz CT molecular complexity index is 332. The number of nitrogens with zero attached hydrogens (tertiary/aromatic N) is 1. The van der Waals surface area contributed by atoms with Crippen LogP contribution in [0, 0.1) is 0 Å². The third-order valence-electron chi connectivity index (χ3n) is 1.46. The van der Waals surface area contributed by atoms with Gasteiger partial charge in [-0.2, -0.15) is 0 Å². The second kappa shape index (κ2) is 4.41. The monoisotopic (exact) mass is 257 g/mol. The lowest BCUT2D eigenvalue weighted by Crippen LogP contribution is -2.30. The molecule has 0 saturated carbocycles. The van der Waals surface area contributed by atoms with Crippen molar-refractivity contribution in [1.29, 1.82) is 0 Å². The van der Waals surface area contributed by atoms with Gasteiger partial charge in [0, 0.05) is 10.5 Å². The highest BCUT2D eigenvalue weighted by Gasteiger charge is 2.09. The number of nitrogen functional groups attached to an aromatic ring is 1. The molecule has 1 heterocycles. The zero-order valence-corrected chi connectivity index (χ0v) is 9.63. The van der Waals surface area contributed by atoms with Crippen LogP contribution in [0.3, 0.4) is 0 Å². The van der Waals surface area contributed by atoms with Crippen LogP contribution in [-0.4, -0.2) is 16.9 Å². The Balaban J connectivity index is 2.90. The number of amides is 1. The lowest BCUT2D eigenvalue weighted by atomic mass is 10.3. The summed E-state index contributed by atoms with van der Waals surface area (Å²) in [5.74, 6) is 0.112. The number of anilines is 1. The molecule has 0 radical (unpaired) electrons. The van der Waals surface area contributed by atoms with Gasteiger partial charge in [0.05, 0.1) is 0 Å². The van der Waals surface area contributed by atoms with Gasteiger partial charge < -0.3 is 11.1 Å². The molecule has 5 heteroatoms. The predicted octanol–water partition coefficient (Wildman–Crippen LogP) is 1.56. The molecule has 0 bridgehead atoms. The third kappa shape index (κ3) is 2.99. The number of rotatable bonds is 2. The zero-order chi connectivity index (χ0) is 10.7. The minimum Gasteiger partial charge on any atom is -0.384 e. The molecular formula is C9H12BrN3O. The molecule has 0 aliphatic carbocycles. The highest BCUT2D eigenvalue weighted by atomic mass is 79.9. The number of nitrogens with two attached hydrogens (primary N) is 1. The molecule has 0 atom stereocenters. The van der Waals surface area contributed by atoms with Crippen molar-refractivity contribution in [3.05, 3.63) is 22.3 Å². The minimum atomic E-state index is -0.215. The maximum Gasteiger partial charge on any atom is 0.270 e. The van der Waals surface area contributed by atoms with Crippen LogP contribution < -0.4 is 11.1 Å². The Labute approximate surface area is 91.0 Å². The van der Waals surface area contributed by atoms with Crippen molar-refractivity contribution in [3.63, 3.8) is 0 Å².